The molecule has 0 atom stereocenters. The van der Waals surface area contributed by atoms with Crippen molar-refractivity contribution in [3.05, 3.63) is 58.4 Å². The van der Waals surface area contributed by atoms with Gasteiger partial charge in [0.2, 0.25) is 0 Å². The molecule has 0 N–H and O–H groups in total. The second-order valence-electron chi connectivity index (χ2n) is 7.18. The van der Waals surface area contributed by atoms with Crippen molar-refractivity contribution in [3.63, 3.8) is 0 Å². The lowest BCUT2D eigenvalue weighted by atomic mass is 10.1. The van der Waals surface area contributed by atoms with Crippen LogP contribution in [0.3, 0.4) is 0 Å². The average molecular weight is 474 g/mol. The van der Waals surface area contributed by atoms with Gasteiger partial charge in [0, 0.05) is 19.9 Å². The maximum Gasteiger partial charge on any atom is 0.268 e. The Hall–Kier alpha value is -3.15. The van der Waals surface area contributed by atoms with Gasteiger partial charge in [0.1, 0.15) is 6.54 Å². The van der Waals surface area contributed by atoms with Crippen molar-refractivity contribution in [1.29, 1.82) is 0 Å². The zero-order valence-corrected chi connectivity index (χ0v) is 18.9. The summed E-state index contributed by atoms with van der Waals surface area (Å²) in [6, 6.07) is 11.1. The second kappa shape index (κ2) is 8.41. The molecule has 1 aromatic heterocycles. The van der Waals surface area contributed by atoms with Crippen LogP contribution in [-0.2, 0) is 25.9 Å². The normalized spacial score (nSPS) is 14.4. The van der Waals surface area contributed by atoms with E-state index < -0.39 is 34.1 Å². The highest BCUT2D eigenvalue weighted by molar-refractivity contribution is 7.90. The quantitative estimate of drug-likeness (QED) is 0.501. The first-order chi connectivity index (χ1) is 15.2. The Bertz CT molecular complexity index is 1400. The van der Waals surface area contributed by atoms with Gasteiger partial charge in [-0.05, 0) is 30.3 Å². The number of rotatable bonds is 6. The molecule has 0 fully saturated rings. The summed E-state index contributed by atoms with van der Waals surface area (Å²) in [6.07, 6.45) is 1.12. The number of fused-ring (bicyclic) bond motifs is 2. The number of ether oxygens (including phenoxy) is 1. The number of nitrogens with zero attached hydrogens (tertiary/aromatic N) is 3. The maximum absolute atomic E-state index is 12.7. The molecular formula is C21H19N3O6S2. The van der Waals surface area contributed by atoms with E-state index in [2.05, 4.69) is 4.99 Å². The molecule has 166 valence electrons. The van der Waals surface area contributed by atoms with Crippen molar-refractivity contribution in [3.8, 4) is 0 Å². The highest BCUT2D eigenvalue weighted by atomic mass is 32.2. The molecule has 2 aromatic carbocycles. The molecule has 0 radical (unpaired) electrons. The van der Waals surface area contributed by atoms with Crippen LogP contribution >= 0.6 is 11.3 Å². The highest BCUT2D eigenvalue weighted by Gasteiger charge is 2.36. The van der Waals surface area contributed by atoms with Crippen LogP contribution < -0.4 is 4.80 Å². The maximum atomic E-state index is 12.7. The van der Waals surface area contributed by atoms with Crippen LogP contribution in [-0.4, -0.2) is 62.1 Å². The van der Waals surface area contributed by atoms with Crippen LogP contribution in [0, 0.1) is 0 Å². The van der Waals surface area contributed by atoms with Gasteiger partial charge in [0.15, 0.2) is 14.6 Å². The Kier molecular flexibility index (Phi) is 5.80. The molecule has 3 amide bonds. The number of aromatic nitrogens is 1. The number of benzene rings is 2. The van der Waals surface area contributed by atoms with Crippen molar-refractivity contribution >= 4 is 49.1 Å². The lowest BCUT2D eigenvalue weighted by Gasteiger charge is -2.10. The molecule has 0 unspecified atom stereocenters. The largest absolute Gasteiger partial charge is 0.383 e. The van der Waals surface area contributed by atoms with Gasteiger partial charge in [0.05, 0.1) is 32.8 Å². The molecule has 32 heavy (non-hydrogen) atoms. The number of thiazole rings is 1. The summed E-state index contributed by atoms with van der Waals surface area (Å²) in [6.45, 7) is 0.243. The van der Waals surface area contributed by atoms with Crippen LogP contribution in [0.15, 0.2) is 52.4 Å². The van der Waals surface area contributed by atoms with E-state index in [4.69, 9.17) is 4.74 Å². The van der Waals surface area contributed by atoms with Crippen LogP contribution in [0.1, 0.15) is 20.7 Å². The molecule has 1 aliphatic heterocycles. The summed E-state index contributed by atoms with van der Waals surface area (Å²) >= 11 is 1.15. The van der Waals surface area contributed by atoms with E-state index >= 15 is 0 Å². The van der Waals surface area contributed by atoms with Gasteiger partial charge in [-0.15, -0.1) is 0 Å². The van der Waals surface area contributed by atoms with Crippen molar-refractivity contribution < 1.29 is 27.5 Å². The molecular weight excluding hydrogens is 454 g/mol. The van der Waals surface area contributed by atoms with Crippen molar-refractivity contribution in [2.75, 3.05) is 26.5 Å². The van der Waals surface area contributed by atoms with Gasteiger partial charge in [-0.1, -0.05) is 23.5 Å². The average Bonchev–Trinajstić information content (AvgIpc) is 3.21. The van der Waals surface area contributed by atoms with Crippen molar-refractivity contribution in [2.45, 2.75) is 11.4 Å². The monoisotopic (exact) mass is 473 g/mol. The number of hydrogen-bond acceptors (Lipinski definition) is 7. The van der Waals surface area contributed by atoms with Crippen molar-refractivity contribution in [1.82, 2.24) is 9.47 Å². The van der Waals surface area contributed by atoms with E-state index in [1.165, 1.54) is 12.1 Å². The predicted molar refractivity (Wildman–Crippen MR) is 117 cm³/mol. The summed E-state index contributed by atoms with van der Waals surface area (Å²) < 4.78 is 31.3. The van der Waals surface area contributed by atoms with Gasteiger partial charge >= 0.3 is 0 Å². The molecule has 0 saturated heterocycles. The van der Waals surface area contributed by atoms with E-state index in [1.54, 1.807) is 42.0 Å². The van der Waals surface area contributed by atoms with E-state index in [-0.39, 0.29) is 16.0 Å². The van der Waals surface area contributed by atoms with Gasteiger partial charge in [0.25, 0.3) is 17.7 Å². The first-order valence-corrected chi connectivity index (χ1v) is 12.3. The summed E-state index contributed by atoms with van der Waals surface area (Å²) in [7, 11) is -1.86. The third-order valence-electron chi connectivity index (χ3n) is 4.99. The summed E-state index contributed by atoms with van der Waals surface area (Å²) in [5.74, 6) is -1.73. The van der Waals surface area contributed by atoms with Gasteiger partial charge < -0.3 is 9.30 Å². The van der Waals surface area contributed by atoms with Crippen LogP contribution in [0.2, 0.25) is 0 Å². The summed E-state index contributed by atoms with van der Waals surface area (Å²) in [5.41, 5.74) is 1.22. The number of imide groups is 1. The van der Waals surface area contributed by atoms with Crippen LogP contribution in [0.5, 0.6) is 0 Å². The molecule has 0 bridgehead atoms. The molecule has 11 heteroatoms. The minimum atomic E-state index is -3.40. The Morgan fingerprint density at radius 1 is 1.09 bits per heavy atom. The van der Waals surface area contributed by atoms with Gasteiger partial charge in [-0.25, -0.2) is 8.42 Å². The SMILES string of the molecule is COCCn1c(=NC(=O)CN2C(=O)c3ccccc3C2=O)sc2cc(S(C)(=O)=O)ccc21. The molecule has 9 nitrogen and oxygen atoms in total. The number of carbonyl (C=O) groups is 3. The van der Waals surface area contributed by atoms with E-state index in [0.717, 1.165) is 22.5 Å². The molecule has 0 saturated carbocycles. The lowest BCUT2D eigenvalue weighted by molar-refractivity contribution is -0.118. The zero-order valence-electron chi connectivity index (χ0n) is 17.3. The first kappa shape index (κ1) is 22.1. The number of amides is 3. The third-order valence-corrected chi connectivity index (χ3v) is 7.14. The van der Waals surface area contributed by atoms with Crippen molar-refractivity contribution in [2.24, 2.45) is 4.99 Å². The fourth-order valence-electron chi connectivity index (χ4n) is 3.43. The van der Waals surface area contributed by atoms with E-state index in [9.17, 15) is 22.8 Å². The number of methoxy groups -OCH3 is 1. The summed E-state index contributed by atoms with van der Waals surface area (Å²) in [4.78, 5) is 43.2. The van der Waals surface area contributed by atoms with Gasteiger partial charge in [-0.2, -0.15) is 4.99 Å². The minimum Gasteiger partial charge on any atom is -0.383 e. The number of sulfone groups is 1. The Balaban J connectivity index is 1.70. The molecule has 4 rings (SSSR count). The van der Waals surface area contributed by atoms with E-state index in [1.807, 2.05) is 0 Å². The molecule has 1 aliphatic rings. The molecule has 3 aromatic rings. The topological polar surface area (TPSA) is 115 Å². The number of carbonyl (C=O) groups excluding carboxylic acids is 3. The Morgan fingerprint density at radius 3 is 2.34 bits per heavy atom. The van der Waals surface area contributed by atoms with Crippen LogP contribution in [0.4, 0.5) is 0 Å². The first-order valence-electron chi connectivity index (χ1n) is 9.56. The summed E-state index contributed by atoms with van der Waals surface area (Å²) in [5, 5.41) is 0. The fraction of sp³-hybridized carbons (Fsp3) is 0.238. The highest BCUT2D eigenvalue weighted by Crippen LogP contribution is 2.23. The van der Waals surface area contributed by atoms with E-state index in [0.29, 0.717) is 28.2 Å². The zero-order chi connectivity index (χ0) is 23.0. The Labute approximate surface area is 187 Å². The van der Waals surface area contributed by atoms with Gasteiger partial charge in [-0.3, -0.25) is 19.3 Å². The second-order valence-corrected chi connectivity index (χ2v) is 10.2. The predicted octanol–water partition coefficient (Wildman–Crippen LogP) is 1.48. The third kappa shape index (κ3) is 4.01. The standard InChI is InChI=1S/C21H19N3O6S2/c1-30-10-9-23-16-8-7-13(32(2,28)29)11-17(16)31-21(23)22-18(25)12-24-19(26)14-5-3-4-6-15(14)20(24)27/h3-8,11H,9-10,12H2,1-2H3. The fourth-order valence-corrected chi connectivity index (χ4v) is 5.26. The molecule has 0 spiro atoms. The molecule has 0 aliphatic carbocycles. The lowest BCUT2D eigenvalue weighted by Crippen LogP contribution is -2.35. The molecule has 2 heterocycles. The smallest absolute Gasteiger partial charge is 0.268 e. The Morgan fingerprint density at radius 2 is 1.75 bits per heavy atom. The number of hydrogen-bond donors (Lipinski definition) is 0. The minimum absolute atomic E-state index is 0.161. The van der Waals surface area contributed by atoms with Crippen LogP contribution in [0.25, 0.3) is 10.2 Å².